The number of nitriles is 1. The number of hydrogen-bond donors (Lipinski definition) is 1. The van der Waals surface area contributed by atoms with Crippen molar-refractivity contribution < 1.29 is 0 Å². The van der Waals surface area contributed by atoms with Gasteiger partial charge >= 0.3 is 0 Å². The SMILES string of the molecule is Cc1ccc(CNC(=S)SCCC#N)cn1. The molecule has 0 saturated heterocycles. The van der Waals surface area contributed by atoms with E-state index in [1.165, 1.54) is 11.8 Å². The molecule has 1 heterocycles. The molecule has 0 amide bonds. The van der Waals surface area contributed by atoms with Gasteiger partial charge in [-0.3, -0.25) is 4.98 Å². The maximum atomic E-state index is 8.38. The monoisotopic (exact) mass is 251 g/mol. The molecule has 0 aromatic carbocycles. The fourth-order valence-corrected chi connectivity index (χ4v) is 1.89. The molecule has 84 valence electrons. The maximum Gasteiger partial charge on any atom is 0.134 e. The highest BCUT2D eigenvalue weighted by atomic mass is 32.2. The zero-order valence-corrected chi connectivity index (χ0v) is 10.7. The van der Waals surface area contributed by atoms with E-state index in [4.69, 9.17) is 17.5 Å². The van der Waals surface area contributed by atoms with E-state index in [9.17, 15) is 0 Å². The van der Waals surface area contributed by atoms with E-state index in [1.807, 2.05) is 25.3 Å². The summed E-state index contributed by atoms with van der Waals surface area (Å²) in [6.07, 6.45) is 2.36. The molecule has 16 heavy (non-hydrogen) atoms. The molecule has 0 bridgehead atoms. The molecule has 1 aromatic heterocycles. The Balaban J connectivity index is 2.26. The predicted octanol–water partition coefficient (Wildman–Crippen LogP) is 2.41. The summed E-state index contributed by atoms with van der Waals surface area (Å²) >= 11 is 6.62. The second-order valence-electron chi connectivity index (χ2n) is 3.21. The highest BCUT2D eigenvalue weighted by Crippen LogP contribution is 2.05. The number of rotatable bonds is 4. The van der Waals surface area contributed by atoms with E-state index in [0.29, 0.717) is 13.0 Å². The van der Waals surface area contributed by atoms with Crippen LogP contribution in [0.2, 0.25) is 0 Å². The third-order valence-corrected chi connectivity index (χ3v) is 3.17. The smallest absolute Gasteiger partial charge is 0.134 e. The van der Waals surface area contributed by atoms with Gasteiger partial charge < -0.3 is 5.32 Å². The van der Waals surface area contributed by atoms with Gasteiger partial charge in [0.05, 0.1) is 6.07 Å². The molecular formula is C11H13N3S2. The van der Waals surface area contributed by atoms with E-state index < -0.39 is 0 Å². The average Bonchev–Trinajstić information content (AvgIpc) is 2.29. The summed E-state index contributed by atoms with van der Waals surface area (Å²) in [5.74, 6) is 0.745. The van der Waals surface area contributed by atoms with E-state index in [0.717, 1.165) is 21.3 Å². The van der Waals surface area contributed by atoms with Crippen LogP contribution >= 0.6 is 24.0 Å². The Kier molecular flexibility index (Phi) is 5.83. The van der Waals surface area contributed by atoms with Crippen LogP contribution in [0.1, 0.15) is 17.7 Å². The van der Waals surface area contributed by atoms with E-state index in [1.54, 1.807) is 0 Å². The lowest BCUT2D eigenvalue weighted by Crippen LogP contribution is -2.18. The molecule has 1 rings (SSSR count). The Bertz CT molecular complexity index is 381. The van der Waals surface area contributed by atoms with Crippen LogP contribution in [0, 0.1) is 18.3 Å². The first-order valence-electron chi connectivity index (χ1n) is 4.91. The summed E-state index contributed by atoms with van der Waals surface area (Å²) in [6, 6.07) is 6.09. The summed E-state index contributed by atoms with van der Waals surface area (Å²) in [5.41, 5.74) is 2.11. The van der Waals surface area contributed by atoms with Gasteiger partial charge in [-0.2, -0.15) is 5.26 Å². The van der Waals surface area contributed by atoms with Crippen molar-refractivity contribution in [2.75, 3.05) is 5.75 Å². The normalized spacial score (nSPS) is 9.50. The van der Waals surface area contributed by atoms with Crippen molar-refractivity contribution in [3.05, 3.63) is 29.6 Å². The predicted molar refractivity (Wildman–Crippen MR) is 71.1 cm³/mol. The van der Waals surface area contributed by atoms with E-state index in [-0.39, 0.29) is 0 Å². The van der Waals surface area contributed by atoms with Gasteiger partial charge in [0.15, 0.2) is 0 Å². The fraction of sp³-hybridized carbons (Fsp3) is 0.364. The third kappa shape index (κ3) is 5.10. The van der Waals surface area contributed by atoms with Crippen molar-refractivity contribution in [3.63, 3.8) is 0 Å². The Hall–Kier alpha value is -1.12. The molecule has 1 N–H and O–H groups in total. The number of aryl methyl sites for hydroxylation is 1. The van der Waals surface area contributed by atoms with Crippen LogP contribution in [0.4, 0.5) is 0 Å². The van der Waals surface area contributed by atoms with Gasteiger partial charge in [0.25, 0.3) is 0 Å². The van der Waals surface area contributed by atoms with Crippen molar-refractivity contribution in [1.29, 1.82) is 5.26 Å². The van der Waals surface area contributed by atoms with Crippen molar-refractivity contribution in [2.24, 2.45) is 0 Å². The van der Waals surface area contributed by atoms with Crippen molar-refractivity contribution in [3.8, 4) is 6.07 Å². The highest BCUT2D eigenvalue weighted by molar-refractivity contribution is 8.22. The number of hydrogen-bond acceptors (Lipinski definition) is 4. The average molecular weight is 251 g/mol. The lowest BCUT2D eigenvalue weighted by molar-refractivity contribution is 0.925. The molecule has 0 radical (unpaired) electrons. The molecule has 0 aliphatic heterocycles. The highest BCUT2D eigenvalue weighted by Gasteiger charge is 1.98. The van der Waals surface area contributed by atoms with Gasteiger partial charge in [-0.05, 0) is 18.6 Å². The van der Waals surface area contributed by atoms with Crippen LogP contribution in [0.5, 0.6) is 0 Å². The van der Waals surface area contributed by atoms with Crippen LogP contribution in [0.3, 0.4) is 0 Å². The summed E-state index contributed by atoms with van der Waals surface area (Å²) < 4.78 is 0.732. The Morgan fingerprint density at radius 2 is 2.44 bits per heavy atom. The summed E-state index contributed by atoms with van der Waals surface area (Å²) in [5, 5.41) is 11.5. The van der Waals surface area contributed by atoms with Crippen LogP contribution in [-0.2, 0) is 6.54 Å². The van der Waals surface area contributed by atoms with Crippen molar-refractivity contribution >= 4 is 28.3 Å². The number of aromatic nitrogens is 1. The van der Waals surface area contributed by atoms with Gasteiger partial charge in [0.2, 0.25) is 0 Å². The van der Waals surface area contributed by atoms with E-state index in [2.05, 4.69) is 16.4 Å². The lowest BCUT2D eigenvalue weighted by Gasteiger charge is -2.06. The number of thioether (sulfide) groups is 1. The first-order valence-corrected chi connectivity index (χ1v) is 6.31. The first kappa shape index (κ1) is 12.9. The second-order valence-corrected chi connectivity index (χ2v) is 4.98. The largest absolute Gasteiger partial charge is 0.367 e. The minimum absolute atomic E-state index is 0.526. The molecule has 0 unspecified atom stereocenters. The summed E-state index contributed by atoms with van der Waals surface area (Å²) in [7, 11) is 0. The number of nitrogens with one attached hydrogen (secondary N) is 1. The topological polar surface area (TPSA) is 48.7 Å². The summed E-state index contributed by atoms with van der Waals surface area (Å²) in [4.78, 5) is 4.20. The third-order valence-electron chi connectivity index (χ3n) is 1.86. The quantitative estimate of drug-likeness (QED) is 0.658. The standard InChI is InChI=1S/C11H13N3S2/c1-9-3-4-10(7-13-9)8-14-11(15)16-6-2-5-12/h3-4,7H,2,6,8H2,1H3,(H,14,15). The Labute approximate surface area is 105 Å². The molecule has 0 atom stereocenters. The van der Waals surface area contributed by atoms with Crippen LogP contribution in [-0.4, -0.2) is 15.1 Å². The zero-order chi connectivity index (χ0) is 11.8. The molecule has 0 spiro atoms. The van der Waals surface area contributed by atoms with Gasteiger partial charge in [0.1, 0.15) is 4.32 Å². The maximum absolute atomic E-state index is 8.38. The summed E-state index contributed by atoms with van der Waals surface area (Å²) in [6.45, 7) is 2.64. The van der Waals surface area contributed by atoms with Crippen LogP contribution in [0.15, 0.2) is 18.3 Å². The molecule has 5 heteroatoms. The number of thiocarbonyl (C=S) groups is 1. The van der Waals surface area contributed by atoms with Crippen LogP contribution < -0.4 is 5.32 Å². The van der Waals surface area contributed by atoms with Gasteiger partial charge in [-0.1, -0.05) is 30.0 Å². The van der Waals surface area contributed by atoms with Gasteiger partial charge in [-0.25, -0.2) is 0 Å². The molecule has 0 saturated carbocycles. The van der Waals surface area contributed by atoms with Gasteiger partial charge in [-0.15, -0.1) is 0 Å². The molecule has 0 aliphatic carbocycles. The van der Waals surface area contributed by atoms with Crippen LogP contribution in [0.25, 0.3) is 0 Å². The fourth-order valence-electron chi connectivity index (χ4n) is 1.02. The Morgan fingerprint density at radius 3 is 3.06 bits per heavy atom. The van der Waals surface area contributed by atoms with Crippen molar-refractivity contribution in [1.82, 2.24) is 10.3 Å². The molecule has 0 fully saturated rings. The minimum atomic E-state index is 0.526. The first-order chi connectivity index (χ1) is 7.72. The van der Waals surface area contributed by atoms with E-state index >= 15 is 0 Å². The second kappa shape index (κ2) is 7.20. The number of pyridine rings is 1. The molecule has 0 aliphatic rings. The molecule has 1 aromatic rings. The van der Waals surface area contributed by atoms with Gasteiger partial charge in [0, 0.05) is 30.6 Å². The lowest BCUT2D eigenvalue weighted by atomic mass is 10.2. The van der Waals surface area contributed by atoms with Crippen molar-refractivity contribution in [2.45, 2.75) is 19.9 Å². The molecular weight excluding hydrogens is 238 g/mol. The molecule has 3 nitrogen and oxygen atoms in total. The minimum Gasteiger partial charge on any atom is -0.367 e. The zero-order valence-electron chi connectivity index (χ0n) is 9.06. The number of nitrogens with zero attached hydrogens (tertiary/aromatic N) is 2. The Morgan fingerprint density at radius 1 is 1.62 bits per heavy atom.